The van der Waals surface area contributed by atoms with E-state index in [0.29, 0.717) is 30.1 Å². The van der Waals surface area contributed by atoms with Crippen molar-refractivity contribution >= 4 is 39.1 Å². The van der Waals surface area contributed by atoms with E-state index >= 15 is 0 Å². The molecule has 0 spiro atoms. The summed E-state index contributed by atoms with van der Waals surface area (Å²) in [7, 11) is -3.68. The predicted molar refractivity (Wildman–Crippen MR) is 116 cm³/mol. The van der Waals surface area contributed by atoms with Gasteiger partial charge in [0.15, 0.2) is 0 Å². The molecule has 0 bridgehead atoms. The van der Waals surface area contributed by atoms with Gasteiger partial charge < -0.3 is 10.6 Å². The minimum Gasteiger partial charge on any atom is -0.355 e. The molecule has 0 radical (unpaired) electrons. The van der Waals surface area contributed by atoms with E-state index in [0.717, 1.165) is 0 Å². The van der Waals surface area contributed by atoms with Crippen molar-refractivity contribution in [3.05, 3.63) is 59.6 Å². The van der Waals surface area contributed by atoms with Crippen molar-refractivity contribution < 1.29 is 18.0 Å². The Morgan fingerprint density at radius 2 is 1.77 bits per heavy atom. The average molecular weight is 450 g/mol. The number of nitrogens with one attached hydrogen (secondary N) is 2. The van der Waals surface area contributed by atoms with Gasteiger partial charge in [0.2, 0.25) is 21.8 Å². The maximum atomic E-state index is 12.8. The first-order valence-corrected chi connectivity index (χ1v) is 11.6. The molecular formula is C21H24ClN3O4S. The van der Waals surface area contributed by atoms with E-state index in [9.17, 15) is 18.0 Å². The van der Waals surface area contributed by atoms with Crippen LogP contribution in [0, 0.1) is 5.92 Å². The average Bonchev–Trinajstić information content (AvgIpc) is 2.75. The number of sulfonamides is 1. The van der Waals surface area contributed by atoms with Crippen LogP contribution >= 0.6 is 11.6 Å². The smallest absolute Gasteiger partial charge is 0.243 e. The van der Waals surface area contributed by atoms with Gasteiger partial charge in [0.25, 0.3) is 0 Å². The zero-order valence-corrected chi connectivity index (χ0v) is 18.0. The van der Waals surface area contributed by atoms with Gasteiger partial charge in [0, 0.05) is 36.8 Å². The van der Waals surface area contributed by atoms with Crippen molar-refractivity contribution in [1.29, 1.82) is 0 Å². The first kappa shape index (κ1) is 22.3. The molecule has 9 heteroatoms. The zero-order chi connectivity index (χ0) is 21.6. The summed E-state index contributed by atoms with van der Waals surface area (Å²) in [5, 5.41) is 5.97. The fourth-order valence-electron chi connectivity index (χ4n) is 3.32. The quantitative estimate of drug-likeness (QED) is 0.679. The molecule has 1 atom stereocenters. The topological polar surface area (TPSA) is 95.6 Å². The highest BCUT2D eigenvalue weighted by Crippen LogP contribution is 2.24. The van der Waals surface area contributed by atoms with Gasteiger partial charge in [0.1, 0.15) is 0 Å². The van der Waals surface area contributed by atoms with Crippen LogP contribution in [0.25, 0.3) is 0 Å². The molecule has 2 aromatic rings. The molecular weight excluding hydrogens is 426 g/mol. The molecule has 2 aromatic carbocycles. The number of carbonyl (C=O) groups excluding carboxylic acids is 2. The lowest BCUT2D eigenvalue weighted by atomic mass is 9.99. The summed E-state index contributed by atoms with van der Waals surface area (Å²) in [6, 6.07) is 15.1. The molecule has 160 valence electrons. The molecule has 1 fully saturated rings. The Labute approximate surface area is 181 Å². The van der Waals surface area contributed by atoms with E-state index in [1.807, 2.05) is 18.2 Å². The third-order valence-corrected chi connectivity index (χ3v) is 7.05. The summed E-state index contributed by atoms with van der Waals surface area (Å²) in [5.74, 6) is -0.881. The Bertz CT molecular complexity index is 981. The van der Waals surface area contributed by atoms with E-state index in [4.69, 9.17) is 11.6 Å². The molecule has 3 rings (SSSR count). The van der Waals surface area contributed by atoms with Gasteiger partial charge in [-0.2, -0.15) is 4.31 Å². The molecule has 1 aliphatic rings. The van der Waals surface area contributed by atoms with Gasteiger partial charge in [-0.15, -0.1) is 0 Å². The van der Waals surface area contributed by atoms with E-state index in [1.165, 1.54) is 28.6 Å². The number of para-hydroxylation sites is 1. The van der Waals surface area contributed by atoms with E-state index in [2.05, 4.69) is 10.6 Å². The lowest BCUT2D eigenvalue weighted by Gasteiger charge is -2.31. The van der Waals surface area contributed by atoms with Crippen molar-refractivity contribution in [2.24, 2.45) is 5.92 Å². The number of benzene rings is 2. The van der Waals surface area contributed by atoms with Gasteiger partial charge in [-0.05, 0) is 49.2 Å². The molecule has 7 nitrogen and oxygen atoms in total. The van der Waals surface area contributed by atoms with Crippen LogP contribution in [0.1, 0.15) is 19.3 Å². The van der Waals surface area contributed by atoms with Crippen LogP contribution in [0.2, 0.25) is 5.02 Å². The van der Waals surface area contributed by atoms with Gasteiger partial charge in [-0.3, -0.25) is 9.59 Å². The molecule has 2 amide bonds. The Hall–Kier alpha value is -2.42. The number of anilines is 1. The SMILES string of the molecule is O=C(CCNC(=O)[C@@H]1CCCN(S(=O)(=O)c2ccc(Cl)cc2)C1)Nc1ccccc1. The monoisotopic (exact) mass is 449 g/mol. The van der Waals surface area contributed by atoms with Gasteiger partial charge in [0.05, 0.1) is 10.8 Å². The molecule has 0 aliphatic carbocycles. The van der Waals surface area contributed by atoms with E-state index < -0.39 is 15.9 Å². The summed E-state index contributed by atoms with van der Waals surface area (Å²) in [6.45, 7) is 0.680. The number of halogens is 1. The van der Waals surface area contributed by atoms with Crippen molar-refractivity contribution in [3.63, 3.8) is 0 Å². The van der Waals surface area contributed by atoms with Crippen LogP contribution < -0.4 is 10.6 Å². The number of nitrogens with zero attached hydrogens (tertiary/aromatic N) is 1. The second kappa shape index (κ2) is 10.1. The first-order valence-electron chi connectivity index (χ1n) is 9.74. The van der Waals surface area contributed by atoms with E-state index in [1.54, 1.807) is 12.1 Å². The van der Waals surface area contributed by atoms with Gasteiger partial charge in [-0.1, -0.05) is 29.8 Å². The molecule has 2 N–H and O–H groups in total. The molecule has 0 unspecified atom stereocenters. The molecule has 1 heterocycles. The number of hydrogen-bond donors (Lipinski definition) is 2. The van der Waals surface area contributed by atoms with Crippen molar-refractivity contribution in [1.82, 2.24) is 9.62 Å². The van der Waals surface area contributed by atoms with Crippen molar-refractivity contribution in [3.8, 4) is 0 Å². The highest BCUT2D eigenvalue weighted by atomic mass is 35.5. The Kier molecular flexibility index (Phi) is 7.47. The first-order chi connectivity index (χ1) is 14.4. The second-order valence-corrected chi connectivity index (χ2v) is 9.49. The molecule has 1 aliphatic heterocycles. The Balaban J connectivity index is 1.50. The van der Waals surface area contributed by atoms with Crippen LogP contribution in [0.4, 0.5) is 5.69 Å². The van der Waals surface area contributed by atoms with Crippen LogP contribution in [0.3, 0.4) is 0 Å². The summed E-state index contributed by atoms with van der Waals surface area (Å²) in [4.78, 5) is 24.6. The van der Waals surface area contributed by atoms with Gasteiger partial charge >= 0.3 is 0 Å². The number of carbonyl (C=O) groups is 2. The summed E-state index contributed by atoms with van der Waals surface area (Å²) in [6.07, 6.45) is 1.34. The van der Waals surface area contributed by atoms with Crippen LogP contribution in [-0.4, -0.2) is 44.2 Å². The summed E-state index contributed by atoms with van der Waals surface area (Å²) >= 11 is 5.84. The fraction of sp³-hybridized carbons (Fsp3) is 0.333. The number of amides is 2. The number of piperidine rings is 1. The Morgan fingerprint density at radius 3 is 2.47 bits per heavy atom. The third-order valence-electron chi connectivity index (χ3n) is 4.92. The third kappa shape index (κ3) is 5.81. The predicted octanol–water partition coefficient (Wildman–Crippen LogP) is 2.89. The second-order valence-electron chi connectivity index (χ2n) is 7.11. The largest absolute Gasteiger partial charge is 0.355 e. The highest BCUT2D eigenvalue weighted by Gasteiger charge is 2.33. The normalized spacial score (nSPS) is 17.3. The lowest BCUT2D eigenvalue weighted by molar-refractivity contribution is -0.126. The molecule has 1 saturated heterocycles. The lowest BCUT2D eigenvalue weighted by Crippen LogP contribution is -2.45. The van der Waals surface area contributed by atoms with E-state index in [-0.39, 0.29) is 36.2 Å². The number of hydrogen-bond acceptors (Lipinski definition) is 4. The maximum absolute atomic E-state index is 12.8. The van der Waals surface area contributed by atoms with Crippen molar-refractivity contribution in [2.75, 3.05) is 25.0 Å². The fourth-order valence-corrected chi connectivity index (χ4v) is 4.97. The number of rotatable bonds is 7. The van der Waals surface area contributed by atoms with Crippen LogP contribution in [-0.2, 0) is 19.6 Å². The molecule has 0 aromatic heterocycles. The summed E-state index contributed by atoms with van der Waals surface area (Å²) in [5.41, 5.74) is 0.698. The van der Waals surface area contributed by atoms with Crippen molar-refractivity contribution in [2.45, 2.75) is 24.2 Å². The maximum Gasteiger partial charge on any atom is 0.243 e. The van der Waals surface area contributed by atoms with Crippen LogP contribution in [0.5, 0.6) is 0 Å². The summed E-state index contributed by atoms with van der Waals surface area (Å²) < 4.78 is 27.0. The standard InChI is InChI=1S/C21H24ClN3O4S/c22-17-8-10-19(11-9-17)30(28,29)25-14-4-5-16(15-25)21(27)23-13-12-20(26)24-18-6-2-1-3-7-18/h1-3,6-11,16H,4-5,12-15H2,(H,23,27)(H,24,26)/t16-/m1/s1. The zero-order valence-electron chi connectivity index (χ0n) is 16.4. The minimum atomic E-state index is -3.68. The minimum absolute atomic E-state index is 0.118. The van der Waals surface area contributed by atoms with Crippen LogP contribution in [0.15, 0.2) is 59.5 Å². The molecule has 0 saturated carbocycles. The van der Waals surface area contributed by atoms with Gasteiger partial charge in [-0.25, -0.2) is 8.42 Å². The Morgan fingerprint density at radius 1 is 1.07 bits per heavy atom. The molecule has 30 heavy (non-hydrogen) atoms. The highest BCUT2D eigenvalue weighted by molar-refractivity contribution is 7.89.